The number of methoxy groups -OCH3 is 1. The molecule has 0 radical (unpaired) electrons. The van der Waals surface area contributed by atoms with Gasteiger partial charge in [0.15, 0.2) is 0 Å². The number of rotatable bonds is 6. The number of aliphatic hydroxyl groups excluding tert-OH is 1. The van der Waals surface area contributed by atoms with Crippen LogP contribution in [0.2, 0.25) is 5.02 Å². The molecule has 4 rings (SSSR count). The number of hydrogen-bond acceptors (Lipinski definition) is 5. The molecule has 8 heteroatoms. The summed E-state index contributed by atoms with van der Waals surface area (Å²) in [6, 6.07) is 12.5. The van der Waals surface area contributed by atoms with E-state index in [0.717, 1.165) is 36.3 Å². The fraction of sp³-hybridized carbons (Fsp3) is 0.333. The summed E-state index contributed by atoms with van der Waals surface area (Å²) in [7, 11) is 1.58. The van der Waals surface area contributed by atoms with Gasteiger partial charge in [-0.25, -0.2) is 4.98 Å². The highest BCUT2D eigenvalue weighted by Crippen LogP contribution is 2.26. The van der Waals surface area contributed by atoms with Crippen molar-refractivity contribution in [3.05, 3.63) is 76.8 Å². The Morgan fingerprint density at radius 1 is 1.28 bits per heavy atom. The van der Waals surface area contributed by atoms with Gasteiger partial charge in [-0.05, 0) is 55.7 Å². The Bertz CT molecular complexity index is 1080. The van der Waals surface area contributed by atoms with E-state index in [4.69, 9.17) is 16.3 Å². The van der Waals surface area contributed by atoms with Gasteiger partial charge >= 0.3 is 0 Å². The zero-order valence-electron chi connectivity index (χ0n) is 18.2. The number of halogens is 1. The molecule has 2 heterocycles. The van der Waals surface area contributed by atoms with Crippen molar-refractivity contribution >= 4 is 17.5 Å². The molecule has 2 aromatic carbocycles. The van der Waals surface area contributed by atoms with E-state index in [9.17, 15) is 9.90 Å². The van der Waals surface area contributed by atoms with E-state index < -0.39 is 6.23 Å². The first-order chi connectivity index (χ1) is 15.4. The molecule has 1 fully saturated rings. The predicted molar refractivity (Wildman–Crippen MR) is 123 cm³/mol. The Hall–Kier alpha value is -2.87. The molecule has 0 aliphatic carbocycles. The third-order valence-electron chi connectivity index (χ3n) is 5.73. The Morgan fingerprint density at radius 3 is 2.75 bits per heavy atom. The van der Waals surface area contributed by atoms with Crippen LogP contribution in [0.5, 0.6) is 5.75 Å². The van der Waals surface area contributed by atoms with Crippen LogP contribution in [-0.2, 0) is 0 Å². The highest BCUT2D eigenvalue weighted by Gasteiger charge is 2.27. The lowest BCUT2D eigenvalue weighted by Crippen LogP contribution is -2.48. The highest BCUT2D eigenvalue weighted by molar-refractivity contribution is 6.30. The smallest absolute Gasteiger partial charge is 0.251 e. The number of aryl methyl sites for hydroxylation is 1. The first kappa shape index (κ1) is 22.3. The third-order valence-corrected chi connectivity index (χ3v) is 5.99. The van der Waals surface area contributed by atoms with Gasteiger partial charge in [-0.15, -0.1) is 0 Å². The second kappa shape index (κ2) is 9.73. The second-order valence-corrected chi connectivity index (χ2v) is 8.48. The molecule has 2 unspecified atom stereocenters. The minimum atomic E-state index is -0.731. The molecule has 3 aromatic rings. The molecule has 0 spiro atoms. The van der Waals surface area contributed by atoms with Gasteiger partial charge in [0.1, 0.15) is 12.0 Å². The van der Waals surface area contributed by atoms with Crippen molar-refractivity contribution in [2.24, 2.45) is 0 Å². The maximum atomic E-state index is 12.9. The molecule has 1 amide bonds. The molecule has 2 atom stereocenters. The van der Waals surface area contributed by atoms with Gasteiger partial charge < -0.3 is 19.7 Å². The zero-order valence-corrected chi connectivity index (χ0v) is 18.9. The van der Waals surface area contributed by atoms with Gasteiger partial charge in [0.05, 0.1) is 24.8 Å². The average Bonchev–Trinajstić information content (AvgIpc) is 3.24. The van der Waals surface area contributed by atoms with Crippen LogP contribution in [0, 0.1) is 6.92 Å². The van der Waals surface area contributed by atoms with Crippen molar-refractivity contribution < 1.29 is 14.6 Å². The summed E-state index contributed by atoms with van der Waals surface area (Å²) in [6.07, 6.45) is 4.64. The average molecular weight is 455 g/mol. The largest absolute Gasteiger partial charge is 0.495 e. The van der Waals surface area contributed by atoms with E-state index in [2.05, 4.69) is 10.3 Å². The quantitative estimate of drug-likeness (QED) is 0.593. The maximum absolute atomic E-state index is 12.9. The number of carbonyl (C=O) groups excluding carboxylic acids is 1. The normalized spacial score (nSPS) is 17.7. The van der Waals surface area contributed by atoms with Gasteiger partial charge in [-0.3, -0.25) is 9.69 Å². The van der Waals surface area contributed by atoms with Crippen LogP contribution in [-0.4, -0.2) is 51.7 Å². The molecule has 1 aromatic heterocycles. The minimum Gasteiger partial charge on any atom is -0.495 e. The summed E-state index contributed by atoms with van der Waals surface area (Å²) in [5.41, 5.74) is 3.03. The molecule has 168 valence electrons. The lowest BCUT2D eigenvalue weighted by molar-refractivity contribution is -0.0173. The number of ether oxygens (including phenoxy) is 1. The van der Waals surface area contributed by atoms with Gasteiger partial charge in [0.2, 0.25) is 0 Å². The van der Waals surface area contributed by atoms with Gasteiger partial charge in [-0.2, -0.15) is 0 Å². The van der Waals surface area contributed by atoms with Crippen LogP contribution in [0.3, 0.4) is 0 Å². The number of piperidine rings is 1. The summed E-state index contributed by atoms with van der Waals surface area (Å²) >= 11 is 5.95. The molecule has 0 saturated carbocycles. The lowest BCUT2D eigenvalue weighted by atomic mass is 10.0. The Morgan fingerprint density at radius 2 is 2.06 bits per heavy atom. The lowest BCUT2D eigenvalue weighted by Gasteiger charge is -2.36. The van der Waals surface area contributed by atoms with Crippen molar-refractivity contribution in [3.8, 4) is 11.4 Å². The number of hydrogen-bond donors (Lipinski definition) is 2. The summed E-state index contributed by atoms with van der Waals surface area (Å²) in [5, 5.41) is 14.5. The fourth-order valence-electron chi connectivity index (χ4n) is 4.05. The van der Waals surface area contributed by atoms with Crippen LogP contribution in [0.1, 0.15) is 40.7 Å². The number of aliphatic hydroxyl groups is 1. The second-order valence-electron chi connectivity index (χ2n) is 8.04. The molecule has 1 saturated heterocycles. The monoisotopic (exact) mass is 454 g/mol. The highest BCUT2D eigenvalue weighted by atomic mass is 35.5. The number of benzene rings is 2. The first-order valence-electron chi connectivity index (χ1n) is 10.6. The minimum absolute atomic E-state index is 0.0554. The number of amides is 1. The van der Waals surface area contributed by atoms with Crippen LogP contribution >= 0.6 is 11.6 Å². The molecule has 1 aliphatic rings. The fourth-order valence-corrected chi connectivity index (χ4v) is 4.17. The zero-order chi connectivity index (χ0) is 22.7. The first-order valence-corrected chi connectivity index (χ1v) is 11.0. The van der Waals surface area contributed by atoms with Gasteiger partial charge in [0, 0.05) is 35.9 Å². The molecule has 1 aliphatic heterocycles. The Balaban J connectivity index is 1.43. The number of nitrogens with zero attached hydrogens (tertiary/aromatic N) is 3. The number of nitrogens with one attached hydrogen (secondary N) is 1. The van der Waals surface area contributed by atoms with Crippen molar-refractivity contribution in [2.45, 2.75) is 32.0 Å². The molecule has 0 bridgehead atoms. The number of imidazole rings is 1. The van der Waals surface area contributed by atoms with E-state index in [-0.39, 0.29) is 11.9 Å². The molecule has 32 heavy (non-hydrogen) atoms. The van der Waals surface area contributed by atoms with Crippen LogP contribution in [0.15, 0.2) is 55.0 Å². The maximum Gasteiger partial charge on any atom is 0.251 e. The number of likely N-dealkylation sites (tertiary alicyclic amines) is 1. The van der Waals surface area contributed by atoms with Gasteiger partial charge in [0.25, 0.3) is 5.91 Å². The van der Waals surface area contributed by atoms with Crippen molar-refractivity contribution in [1.82, 2.24) is 19.8 Å². The van der Waals surface area contributed by atoms with Crippen molar-refractivity contribution in [2.75, 3.05) is 20.2 Å². The molecule has 2 N–H and O–H groups in total. The van der Waals surface area contributed by atoms with Crippen LogP contribution in [0.25, 0.3) is 5.69 Å². The van der Waals surface area contributed by atoms with E-state index in [0.29, 0.717) is 22.9 Å². The Kier molecular flexibility index (Phi) is 6.79. The van der Waals surface area contributed by atoms with E-state index in [1.165, 1.54) is 0 Å². The van der Waals surface area contributed by atoms with Crippen LogP contribution in [0.4, 0.5) is 0 Å². The number of carbonyl (C=O) groups is 1. The predicted octanol–water partition coefficient (Wildman–Crippen LogP) is 3.73. The SMILES string of the molecule is COc1cc(C(=O)NC2CCCN(C(O)c3ccc(Cl)cc3)C2)ccc1-n1cnc(C)c1. The summed E-state index contributed by atoms with van der Waals surface area (Å²) in [5.74, 6) is 0.433. The van der Waals surface area contributed by atoms with Crippen molar-refractivity contribution in [3.63, 3.8) is 0 Å². The van der Waals surface area contributed by atoms with Gasteiger partial charge in [-0.1, -0.05) is 23.7 Å². The van der Waals surface area contributed by atoms with Crippen molar-refractivity contribution in [1.29, 1.82) is 0 Å². The molecular formula is C24H27ClN4O3. The summed E-state index contributed by atoms with van der Waals surface area (Å²) < 4.78 is 7.38. The van der Waals surface area contributed by atoms with E-state index in [1.807, 2.05) is 40.8 Å². The molecular weight excluding hydrogens is 428 g/mol. The van der Waals surface area contributed by atoms with E-state index in [1.54, 1.807) is 37.7 Å². The number of aromatic nitrogens is 2. The standard InChI is InChI=1S/C24H27ClN4O3/c1-16-13-29(15-26-16)21-10-7-18(12-22(21)32-2)23(30)27-20-4-3-11-28(14-20)24(31)17-5-8-19(25)9-6-17/h5-10,12-13,15,20,24,31H,3-4,11,14H2,1-2H3,(H,27,30). The summed E-state index contributed by atoms with van der Waals surface area (Å²) in [6.45, 7) is 3.25. The molecule has 7 nitrogen and oxygen atoms in total. The van der Waals surface area contributed by atoms with E-state index >= 15 is 0 Å². The third kappa shape index (κ3) is 4.96. The topological polar surface area (TPSA) is 79.6 Å². The summed E-state index contributed by atoms with van der Waals surface area (Å²) in [4.78, 5) is 19.2. The Labute approximate surface area is 192 Å². The van der Waals surface area contributed by atoms with Crippen LogP contribution < -0.4 is 10.1 Å².